The lowest BCUT2D eigenvalue weighted by Crippen LogP contribution is -2.44. The molecule has 0 aliphatic carbocycles. The first-order chi connectivity index (χ1) is 18.6. The zero-order valence-electron chi connectivity index (χ0n) is 28.8. The molecule has 40 heavy (non-hydrogen) atoms. The van der Waals surface area contributed by atoms with Crippen molar-refractivity contribution in [1.82, 2.24) is 0 Å². The van der Waals surface area contributed by atoms with E-state index in [1.165, 1.54) is 58.5 Å². The Kier molecular flexibility index (Phi) is 21.7. The molecule has 0 saturated carbocycles. The minimum Gasteiger partial charge on any atom is -0.469 e. The third kappa shape index (κ3) is 25.7. The van der Waals surface area contributed by atoms with Gasteiger partial charge in [0.15, 0.2) is 25.0 Å². The number of esters is 1. The summed E-state index contributed by atoms with van der Waals surface area (Å²) in [6, 6.07) is 0. The Labute approximate surface area is 253 Å². The van der Waals surface area contributed by atoms with E-state index in [4.69, 9.17) is 18.0 Å². The monoisotopic (exact) mass is 618 g/mol. The van der Waals surface area contributed by atoms with Crippen molar-refractivity contribution >= 4 is 30.9 Å². The lowest BCUT2D eigenvalue weighted by molar-refractivity contribution is -0.140. The summed E-state index contributed by atoms with van der Waals surface area (Å²) < 4.78 is 25.1. The normalized spacial score (nSPS) is 15.2. The van der Waals surface area contributed by atoms with E-state index in [0.29, 0.717) is 12.5 Å². The molecule has 0 rings (SSSR count). The summed E-state index contributed by atoms with van der Waals surface area (Å²) in [5.74, 6) is -0.105. The Bertz CT molecular complexity index is 626. The third-order valence-electron chi connectivity index (χ3n) is 6.94. The summed E-state index contributed by atoms with van der Waals surface area (Å²) in [7, 11) is -3.58. The fourth-order valence-electron chi connectivity index (χ4n) is 5.26. The summed E-state index contributed by atoms with van der Waals surface area (Å²) >= 11 is 0. The van der Waals surface area contributed by atoms with Crippen LogP contribution in [0.1, 0.15) is 116 Å². The summed E-state index contributed by atoms with van der Waals surface area (Å²) in [4.78, 5) is 11.4. The van der Waals surface area contributed by atoms with Gasteiger partial charge in [0.05, 0.1) is 19.3 Å². The third-order valence-corrected chi connectivity index (χ3v) is 10.00. The first-order valence-corrected chi connectivity index (χ1v) is 26.9. The Morgan fingerprint density at radius 2 is 0.925 bits per heavy atom. The smallest absolute Gasteiger partial charge is 0.305 e. The second-order valence-electron chi connectivity index (χ2n) is 14.8. The molecule has 0 aromatic carbocycles. The van der Waals surface area contributed by atoms with Crippen LogP contribution in [-0.4, -0.2) is 56.3 Å². The van der Waals surface area contributed by atoms with Crippen molar-refractivity contribution in [2.75, 3.05) is 7.11 Å². The zero-order valence-corrected chi connectivity index (χ0v) is 31.8. The van der Waals surface area contributed by atoms with Gasteiger partial charge in [-0.2, -0.15) is 0 Å². The van der Waals surface area contributed by atoms with E-state index in [1.807, 2.05) is 0 Å². The Morgan fingerprint density at radius 1 is 0.525 bits per heavy atom. The summed E-state index contributed by atoms with van der Waals surface area (Å²) in [5.41, 5.74) is 0. The Balaban J connectivity index is 5.12. The standard InChI is InChI=1S/C32H70O5Si3/c1-12-13-14-15-16-17-20-24-29(35-38(3,4)5)25-23-27-31(37-40(9,10)11)30(36-39(6,7)8)26-21-18-19-22-28-32(33)34-2/h29-31H,12-28H2,1-11H3. The van der Waals surface area contributed by atoms with E-state index in [0.717, 1.165) is 51.4 Å². The van der Waals surface area contributed by atoms with Gasteiger partial charge in [-0.25, -0.2) is 0 Å². The fraction of sp³-hybridized carbons (Fsp3) is 0.969. The number of hydrogen-bond acceptors (Lipinski definition) is 5. The molecular weight excluding hydrogens is 549 g/mol. The molecule has 240 valence electrons. The summed E-state index contributed by atoms with van der Waals surface area (Å²) in [6.07, 6.45) is 20.4. The van der Waals surface area contributed by atoms with E-state index >= 15 is 0 Å². The van der Waals surface area contributed by atoms with Crippen LogP contribution in [0.3, 0.4) is 0 Å². The molecule has 3 atom stereocenters. The fourth-order valence-corrected chi connectivity index (χ4v) is 8.85. The molecule has 8 heteroatoms. The van der Waals surface area contributed by atoms with Gasteiger partial charge < -0.3 is 18.0 Å². The lowest BCUT2D eigenvalue weighted by atomic mass is 9.98. The number of hydrogen-bond donors (Lipinski definition) is 0. The Hall–Kier alpha value is 0.000649. The lowest BCUT2D eigenvalue weighted by Gasteiger charge is -2.37. The molecule has 0 N–H and O–H groups in total. The second kappa shape index (κ2) is 21.7. The average molecular weight is 619 g/mol. The van der Waals surface area contributed by atoms with Crippen LogP contribution in [-0.2, 0) is 22.8 Å². The molecule has 0 aromatic rings. The summed E-state index contributed by atoms with van der Waals surface area (Å²) in [6.45, 7) is 23.0. The maximum atomic E-state index is 11.4. The number of unbranched alkanes of at least 4 members (excludes halogenated alkanes) is 9. The topological polar surface area (TPSA) is 54.0 Å². The Morgan fingerprint density at radius 3 is 1.40 bits per heavy atom. The van der Waals surface area contributed by atoms with Gasteiger partial charge in [-0.15, -0.1) is 0 Å². The highest BCUT2D eigenvalue weighted by molar-refractivity contribution is 6.70. The minimum atomic E-state index is -1.73. The van der Waals surface area contributed by atoms with Crippen LogP contribution >= 0.6 is 0 Å². The van der Waals surface area contributed by atoms with Gasteiger partial charge in [0.25, 0.3) is 0 Å². The second-order valence-corrected chi connectivity index (χ2v) is 28.1. The van der Waals surface area contributed by atoms with Crippen molar-refractivity contribution in [3.63, 3.8) is 0 Å². The average Bonchev–Trinajstić information content (AvgIpc) is 2.81. The molecule has 0 saturated heterocycles. The van der Waals surface area contributed by atoms with Gasteiger partial charge in [0, 0.05) is 12.5 Å². The van der Waals surface area contributed by atoms with Crippen LogP contribution in [0.4, 0.5) is 0 Å². The molecule has 5 nitrogen and oxygen atoms in total. The number of carbonyl (C=O) groups is 1. The molecule has 0 aromatic heterocycles. The molecule has 0 heterocycles. The first kappa shape index (κ1) is 40.0. The maximum Gasteiger partial charge on any atom is 0.305 e. The van der Waals surface area contributed by atoms with Crippen molar-refractivity contribution in [3.05, 3.63) is 0 Å². The highest BCUT2D eigenvalue weighted by Crippen LogP contribution is 2.27. The van der Waals surface area contributed by atoms with Gasteiger partial charge in [0.1, 0.15) is 0 Å². The first-order valence-electron chi connectivity index (χ1n) is 16.7. The maximum absolute atomic E-state index is 11.4. The molecule has 0 aliphatic heterocycles. The predicted molar refractivity (Wildman–Crippen MR) is 181 cm³/mol. The molecule has 0 bridgehead atoms. The van der Waals surface area contributed by atoms with Gasteiger partial charge in [0.2, 0.25) is 0 Å². The van der Waals surface area contributed by atoms with E-state index in [-0.39, 0.29) is 18.2 Å². The molecule has 3 unspecified atom stereocenters. The largest absolute Gasteiger partial charge is 0.469 e. The van der Waals surface area contributed by atoms with E-state index in [9.17, 15) is 4.79 Å². The van der Waals surface area contributed by atoms with Crippen LogP contribution in [0.15, 0.2) is 0 Å². The van der Waals surface area contributed by atoms with Gasteiger partial charge >= 0.3 is 5.97 Å². The zero-order chi connectivity index (χ0) is 30.7. The van der Waals surface area contributed by atoms with Gasteiger partial charge in [-0.3, -0.25) is 4.79 Å². The van der Waals surface area contributed by atoms with Crippen molar-refractivity contribution in [1.29, 1.82) is 0 Å². The van der Waals surface area contributed by atoms with Crippen LogP contribution in [0.2, 0.25) is 58.9 Å². The SMILES string of the molecule is CCCCCCCCCC(CCCC(O[Si](C)(C)C)C(CCCCCCC(=O)OC)O[Si](C)(C)C)O[Si](C)(C)C. The van der Waals surface area contributed by atoms with Crippen LogP contribution in [0, 0.1) is 0 Å². The van der Waals surface area contributed by atoms with Crippen LogP contribution < -0.4 is 0 Å². The van der Waals surface area contributed by atoms with Gasteiger partial charge in [-0.05, 0) is 97.4 Å². The summed E-state index contributed by atoms with van der Waals surface area (Å²) in [5, 5.41) is 0. The van der Waals surface area contributed by atoms with Gasteiger partial charge in [-0.1, -0.05) is 71.1 Å². The van der Waals surface area contributed by atoms with Crippen molar-refractivity contribution in [2.45, 2.75) is 193 Å². The molecule has 0 spiro atoms. The van der Waals surface area contributed by atoms with Crippen LogP contribution in [0.25, 0.3) is 0 Å². The van der Waals surface area contributed by atoms with E-state index in [2.05, 4.69) is 65.8 Å². The number of methoxy groups -OCH3 is 1. The predicted octanol–water partition coefficient (Wildman–Crippen LogP) is 10.5. The molecular formula is C32H70O5Si3. The molecule has 0 radical (unpaired) electrons. The highest BCUT2D eigenvalue weighted by Gasteiger charge is 2.32. The highest BCUT2D eigenvalue weighted by atomic mass is 28.4. The quantitative estimate of drug-likeness (QED) is 0.0548. The number of carbonyl (C=O) groups excluding carboxylic acids is 1. The van der Waals surface area contributed by atoms with Crippen molar-refractivity contribution in [2.24, 2.45) is 0 Å². The van der Waals surface area contributed by atoms with Crippen molar-refractivity contribution in [3.8, 4) is 0 Å². The van der Waals surface area contributed by atoms with E-state index < -0.39 is 25.0 Å². The number of rotatable bonds is 26. The minimum absolute atomic E-state index is 0.105. The van der Waals surface area contributed by atoms with Crippen molar-refractivity contribution < 1.29 is 22.8 Å². The van der Waals surface area contributed by atoms with Crippen LogP contribution in [0.5, 0.6) is 0 Å². The molecule has 0 aliphatic rings. The molecule has 0 amide bonds. The number of ether oxygens (including phenoxy) is 1. The molecule has 0 fully saturated rings. The van der Waals surface area contributed by atoms with E-state index in [1.54, 1.807) is 0 Å².